The summed E-state index contributed by atoms with van der Waals surface area (Å²) in [5, 5.41) is 13.1. The number of pyridine rings is 1. The average Bonchev–Trinajstić information content (AvgIpc) is 3.48. The summed E-state index contributed by atoms with van der Waals surface area (Å²) in [6, 6.07) is 5.81. The number of fused-ring (bicyclic) bond motifs is 1. The van der Waals surface area contributed by atoms with Gasteiger partial charge >= 0.3 is 0 Å². The van der Waals surface area contributed by atoms with Gasteiger partial charge in [0.25, 0.3) is 5.91 Å². The first-order chi connectivity index (χ1) is 13.8. The second-order valence-corrected chi connectivity index (χ2v) is 8.19. The van der Waals surface area contributed by atoms with E-state index in [1.807, 2.05) is 34.0 Å². The maximum Gasteiger partial charge on any atom is 0.257 e. The highest BCUT2D eigenvalue weighted by Gasteiger charge is 2.27. The molecule has 1 amide bonds. The molecule has 0 unspecified atom stereocenters. The summed E-state index contributed by atoms with van der Waals surface area (Å²) in [5.74, 6) is 1.09. The quantitative estimate of drug-likeness (QED) is 0.699. The average molecular weight is 378 g/mol. The Morgan fingerprint density at radius 3 is 2.93 bits per heavy atom. The summed E-state index contributed by atoms with van der Waals surface area (Å²) in [6.07, 6.45) is 12.9. The molecule has 1 saturated carbocycles. The molecule has 2 aliphatic rings. The number of rotatable bonds is 4. The third-order valence-electron chi connectivity index (χ3n) is 6.24. The van der Waals surface area contributed by atoms with E-state index in [1.54, 1.807) is 10.7 Å². The second kappa shape index (κ2) is 7.37. The van der Waals surface area contributed by atoms with Crippen molar-refractivity contribution in [3.8, 4) is 0 Å². The summed E-state index contributed by atoms with van der Waals surface area (Å²) in [6.45, 7) is 2.41. The molecule has 28 heavy (non-hydrogen) atoms. The number of hydrogen-bond acceptors (Lipinski definition) is 4. The zero-order chi connectivity index (χ0) is 18.9. The molecule has 146 valence electrons. The fourth-order valence-corrected chi connectivity index (χ4v) is 4.74. The van der Waals surface area contributed by atoms with Gasteiger partial charge in [-0.05, 0) is 43.7 Å². The second-order valence-electron chi connectivity index (χ2n) is 8.19. The van der Waals surface area contributed by atoms with Crippen LogP contribution in [0.1, 0.15) is 60.5 Å². The van der Waals surface area contributed by atoms with Crippen molar-refractivity contribution in [1.82, 2.24) is 29.5 Å². The molecule has 1 aliphatic heterocycles. The van der Waals surface area contributed by atoms with Crippen LogP contribution in [-0.4, -0.2) is 48.5 Å². The summed E-state index contributed by atoms with van der Waals surface area (Å²) in [4.78, 5) is 15.1. The Bertz CT molecular complexity index is 970. The number of likely N-dealkylation sites (tertiary alicyclic amines) is 1. The van der Waals surface area contributed by atoms with Crippen molar-refractivity contribution < 1.29 is 4.79 Å². The van der Waals surface area contributed by atoms with Gasteiger partial charge in [-0.3, -0.25) is 9.48 Å². The van der Waals surface area contributed by atoms with Gasteiger partial charge in [-0.25, -0.2) is 4.52 Å². The van der Waals surface area contributed by atoms with Gasteiger partial charge in [0.15, 0.2) is 0 Å². The minimum Gasteiger partial charge on any atom is -0.338 e. The Morgan fingerprint density at radius 1 is 1.14 bits per heavy atom. The van der Waals surface area contributed by atoms with Crippen LogP contribution in [0.25, 0.3) is 5.52 Å². The maximum atomic E-state index is 13.1. The predicted octanol–water partition coefficient (Wildman–Crippen LogP) is 3.14. The van der Waals surface area contributed by atoms with Gasteiger partial charge < -0.3 is 4.90 Å². The normalized spacial score (nSPS) is 20.9. The van der Waals surface area contributed by atoms with Crippen LogP contribution in [0.15, 0.2) is 36.8 Å². The van der Waals surface area contributed by atoms with Crippen molar-refractivity contribution in [2.24, 2.45) is 5.92 Å². The van der Waals surface area contributed by atoms with E-state index in [1.165, 1.54) is 25.7 Å². The number of nitrogens with zero attached hydrogens (tertiary/aromatic N) is 6. The number of carbonyl (C=O) groups is 1. The molecule has 5 rings (SSSR count). The van der Waals surface area contributed by atoms with Crippen molar-refractivity contribution in [3.63, 3.8) is 0 Å². The largest absolute Gasteiger partial charge is 0.338 e. The van der Waals surface area contributed by atoms with Crippen LogP contribution in [0.2, 0.25) is 0 Å². The van der Waals surface area contributed by atoms with Gasteiger partial charge in [0.05, 0.1) is 23.0 Å². The molecule has 1 saturated heterocycles. The SMILES string of the molecule is O=C(c1cnn2ccccc12)N1CCC[C@@H](Cn2cc(C3CCCC3)nn2)C1. The lowest BCUT2D eigenvalue weighted by molar-refractivity contribution is 0.0661. The first kappa shape index (κ1) is 17.4. The molecule has 0 aromatic carbocycles. The van der Waals surface area contributed by atoms with Crippen LogP contribution in [0.5, 0.6) is 0 Å². The van der Waals surface area contributed by atoms with E-state index in [9.17, 15) is 4.79 Å². The molecule has 0 radical (unpaired) electrons. The standard InChI is InChI=1S/C21H26N6O/c28-21(18-12-22-27-11-4-3-9-20(18)27)25-10-5-6-16(13-25)14-26-15-19(23-24-26)17-7-1-2-8-17/h3-4,9,11-12,15-17H,1-2,5-8,10,13-14H2/t16-/m1/s1. The Labute approximate surface area is 164 Å². The Hall–Kier alpha value is -2.70. The Kier molecular flexibility index (Phi) is 4.58. The molecule has 4 heterocycles. The highest BCUT2D eigenvalue weighted by Crippen LogP contribution is 2.32. The van der Waals surface area contributed by atoms with Crippen molar-refractivity contribution >= 4 is 11.4 Å². The summed E-state index contributed by atoms with van der Waals surface area (Å²) >= 11 is 0. The highest BCUT2D eigenvalue weighted by atomic mass is 16.2. The van der Waals surface area contributed by atoms with Gasteiger partial charge in [-0.15, -0.1) is 5.10 Å². The van der Waals surface area contributed by atoms with E-state index in [4.69, 9.17) is 0 Å². The molecule has 1 atom stereocenters. The fraction of sp³-hybridized carbons (Fsp3) is 0.524. The molecule has 3 aromatic heterocycles. The van der Waals surface area contributed by atoms with Gasteiger partial charge in [-0.2, -0.15) is 5.10 Å². The molecule has 0 bridgehead atoms. The molecular formula is C21H26N6O. The zero-order valence-corrected chi connectivity index (χ0v) is 16.1. The van der Waals surface area contributed by atoms with Crippen LogP contribution in [0.4, 0.5) is 0 Å². The molecule has 0 N–H and O–H groups in total. The molecule has 3 aromatic rings. The Morgan fingerprint density at radius 2 is 2.04 bits per heavy atom. The molecule has 1 aliphatic carbocycles. The third-order valence-corrected chi connectivity index (χ3v) is 6.24. The van der Waals surface area contributed by atoms with E-state index >= 15 is 0 Å². The molecule has 0 spiro atoms. The smallest absolute Gasteiger partial charge is 0.257 e. The minimum absolute atomic E-state index is 0.0798. The van der Waals surface area contributed by atoms with Gasteiger partial charge in [0.1, 0.15) is 0 Å². The first-order valence-electron chi connectivity index (χ1n) is 10.4. The number of aromatic nitrogens is 5. The number of piperidine rings is 1. The third kappa shape index (κ3) is 3.30. The molecule has 7 nitrogen and oxygen atoms in total. The predicted molar refractivity (Wildman–Crippen MR) is 105 cm³/mol. The van der Waals surface area contributed by atoms with Crippen molar-refractivity contribution in [2.75, 3.05) is 13.1 Å². The van der Waals surface area contributed by atoms with Crippen LogP contribution in [-0.2, 0) is 6.54 Å². The lowest BCUT2D eigenvalue weighted by atomic mass is 9.97. The van der Waals surface area contributed by atoms with Crippen LogP contribution >= 0.6 is 0 Å². The van der Waals surface area contributed by atoms with E-state index in [-0.39, 0.29) is 5.91 Å². The lowest BCUT2D eigenvalue weighted by Crippen LogP contribution is -2.41. The monoisotopic (exact) mass is 378 g/mol. The lowest BCUT2D eigenvalue weighted by Gasteiger charge is -2.32. The molecule has 2 fully saturated rings. The first-order valence-corrected chi connectivity index (χ1v) is 10.4. The summed E-state index contributed by atoms with van der Waals surface area (Å²) in [5.41, 5.74) is 2.70. The van der Waals surface area contributed by atoms with E-state index in [0.717, 1.165) is 43.7 Å². The highest BCUT2D eigenvalue weighted by molar-refractivity contribution is 6.00. The molecular weight excluding hydrogens is 352 g/mol. The minimum atomic E-state index is 0.0798. The topological polar surface area (TPSA) is 68.3 Å². The van der Waals surface area contributed by atoms with Crippen LogP contribution in [0, 0.1) is 5.92 Å². The summed E-state index contributed by atoms with van der Waals surface area (Å²) < 4.78 is 3.75. The maximum absolute atomic E-state index is 13.1. The van der Waals surface area contributed by atoms with Gasteiger partial charge in [-0.1, -0.05) is 24.1 Å². The number of hydrogen-bond donors (Lipinski definition) is 0. The summed E-state index contributed by atoms with van der Waals surface area (Å²) in [7, 11) is 0. The Balaban J connectivity index is 1.26. The zero-order valence-electron chi connectivity index (χ0n) is 16.1. The molecule has 7 heteroatoms. The fourth-order valence-electron chi connectivity index (χ4n) is 4.74. The van der Waals surface area contributed by atoms with E-state index in [2.05, 4.69) is 21.6 Å². The van der Waals surface area contributed by atoms with Crippen molar-refractivity contribution in [3.05, 3.63) is 48.0 Å². The number of carbonyl (C=O) groups excluding carboxylic acids is 1. The number of amides is 1. The van der Waals surface area contributed by atoms with E-state index < -0.39 is 0 Å². The van der Waals surface area contributed by atoms with Gasteiger partial charge in [0, 0.05) is 37.9 Å². The van der Waals surface area contributed by atoms with Crippen molar-refractivity contribution in [1.29, 1.82) is 0 Å². The van der Waals surface area contributed by atoms with Crippen LogP contribution < -0.4 is 0 Å². The van der Waals surface area contributed by atoms with Gasteiger partial charge in [0.2, 0.25) is 0 Å². The van der Waals surface area contributed by atoms with Crippen LogP contribution in [0.3, 0.4) is 0 Å². The van der Waals surface area contributed by atoms with E-state index in [0.29, 0.717) is 17.4 Å². The van der Waals surface area contributed by atoms with Crippen molar-refractivity contribution in [2.45, 2.75) is 51.0 Å².